The van der Waals surface area contributed by atoms with Gasteiger partial charge in [0.1, 0.15) is 5.82 Å². The van der Waals surface area contributed by atoms with Gasteiger partial charge < -0.3 is 14.1 Å². The van der Waals surface area contributed by atoms with Gasteiger partial charge in [-0.05, 0) is 24.3 Å². The molecule has 3 aromatic rings. The molecule has 2 amide bonds. The van der Waals surface area contributed by atoms with Gasteiger partial charge in [-0.3, -0.25) is 4.90 Å². The summed E-state index contributed by atoms with van der Waals surface area (Å²) in [6.07, 6.45) is 1.19. The van der Waals surface area contributed by atoms with E-state index >= 15 is 0 Å². The zero-order valence-electron chi connectivity index (χ0n) is 15.1. The molecule has 28 heavy (non-hydrogen) atoms. The van der Waals surface area contributed by atoms with Crippen LogP contribution in [0, 0.1) is 5.82 Å². The Balaban J connectivity index is 1.61. The van der Waals surface area contributed by atoms with Crippen LogP contribution in [0.4, 0.5) is 14.9 Å². The van der Waals surface area contributed by atoms with Gasteiger partial charge in [0.05, 0.1) is 19.8 Å². The molecule has 1 fully saturated rings. The minimum absolute atomic E-state index is 0.107. The first-order valence-corrected chi connectivity index (χ1v) is 8.96. The maximum absolute atomic E-state index is 14.8. The van der Waals surface area contributed by atoms with E-state index < -0.39 is 5.82 Å². The normalized spacial score (nSPS) is 14.1. The third kappa shape index (κ3) is 3.86. The summed E-state index contributed by atoms with van der Waals surface area (Å²) in [7, 11) is 0. The summed E-state index contributed by atoms with van der Waals surface area (Å²) in [5.74, 6) is -0.193. The van der Waals surface area contributed by atoms with Crippen molar-refractivity contribution in [2.24, 2.45) is 0 Å². The molecule has 1 aliphatic heterocycles. The number of nitrogens with zero attached hydrogens (tertiary/aromatic N) is 4. The molecule has 2 aromatic carbocycles. The Morgan fingerprint density at radius 3 is 2.61 bits per heavy atom. The van der Waals surface area contributed by atoms with Gasteiger partial charge in [-0.2, -0.15) is 0 Å². The fraction of sp³-hybridized carbons (Fsp3) is 0.250. The first-order valence-electron chi connectivity index (χ1n) is 8.96. The van der Waals surface area contributed by atoms with E-state index in [0.29, 0.717) is 43.1 Å². The fourth-order valence-corrected chi connectivity index (χ4v) is 3.08. The lowest BCUT2D eigenvalue weighted by atomic mass is 10.1. The summed E-state index contributed by atoms with van der Waals surface area (Å²) in [6.45, 7) is 2.14. The lowest BCUT2D eigenvalue weighted by Gasteiger charge is -2.33. The van der Waals surface area contributed by atoms with Crippen molar-refractivity contribution in [1.29, 1.82) is 0 Å². The third-order valence-electron chi connectivity index (χ3n) is 4.57. The van der Waals surface area contributed by atoms with Crippen LogP contribution in [-0.2, 0) is 11.3 Å². The van der Waals surface area contributed by atoms with E-state index in [4.69, 9.17) is 9.15 Å². The number of anilines is 1. The van der Waals surface area contributed by atoms with Crippen molar-refractivity contribution in [1.82, 2.24) is 15.1 Å². The number of benzene rings is 2. The molecule has 0 spiro atoms. The number of amides is 2. The minimum Gasteiger partial charge on any atom is -0.423 e. The first-order chi connectivity index (χ1) is 13.7. The zero-order valence-corrected chi connectivity index (χ0v) is 15.1. The number of urea groups is 1. The maximum Gasteiger partial charge on any atom is 0.324 e. The Hall–Kier alpha value is -3.26. The van der Waals surface area contributed by atoms with E-state index in [0.717, 1.165) is 0 Å². The second-order valence-electron chi connectivity index (χ2n) is 6.35. The van der Waals surface area contributed by atoms with Gasteiger partial charge in [-0.15, -0.1) is 10.2 Å². The van der Waals surface area contributed by atoms with Crippen LogP contribution in [0.1, 0.15) is 5.56 Å². The molecule has 0 aliphatic carbocycles. The number of ether oxygens (including phenoxy) is 1. The van der Waals surface area contributed by atoms with Crippen LogP contribution in [0.5, 0.6) is 0 Å². The molecule has 0 N–H and O–H groups in total. The van der Waals surface area contributed by atoms with E-state index in [1.807, 2.05) is 30.3 Å². The van der Waals surface area contributed by atoms with Crippen LogP contribution in [0.2, 0.25) is 0 Å². The van der Waals surface area contributed by atoms with Crippen molar-refractivity contribution < 1.29 is 18.3 Å². The molecule has 0 unspecified atom stereocenters. The number of para-hydroxylation sites is 1. The van der Waals surface area contributed by atoms with Gasteiger partial charge in [0.15, 0.2) is 0 Å². The molecule has 2 heterocycles. The Morgan fingerprint density at radius 2 is 1.93 bits per heavy atom. The first kappa shape index (κ1) is 18.1. The van der Waals surface area contributed by atoms with Gasteiger partial charge in [0.25, 0.3) is 0 Å². The van der Waals surface area contributed by atoms with Crippen LogP contribution in [0.25, 0.3) is 11.5 Å². The van der Waals surface area contributed by atoms with E-state index in [1.54, 1.807) is 21.9 Å². The molecule has 1 aromatic heterocycles. The van der Waals surface area contributed by atoms with Crippen molar-refractivity contribution in [3.8, 4) is 11.5 Å². The predicted molar refractivity (Wildman–Crippen MR) is 100 cm³/mol. The maximum atomic E-state index is 14.8. The smallest absolute Gasteiger partial charge is 0.324 e. The van der Waals surface area contributed by atoms with E-state index in [-0.39, 0.29) is 18.5 Å². The predicted octanol–water partition coefficient (Wildman–Crippen LogP) is 3.33. The summed E-state index contributed by atoms with van der Waals surface area (Å²) in [5, 5.41) is 7.39. The quantitative estimate of drug-likeness (QED) is 0.692. The Labute approximate surface area is 161 Å². The molecular formula is C20H19FN4O3. The van der Waals surface area contributed by atoms with Crippen molar-refractivity contribution in [2.75, 3.05) is 31.2 Å². The Bertz CT molecular complexity index is 928. The number of rotatable bonds is 4. The number of halogens is 1. The van der Waals surface area contributed by atoms with Crippen LogP contribution >= 0.6 is 0 Å². The summed E-state index contributed by atoms with van der Waals surface area (Å²) in [4.78, 5) is 16.4. The van der Waals surface area contributed by atoms with Crippen molar-refractivity contribution in [2.45, 2.75) is 6.54 Å². The highest BCUT2D eigenvalue weighted by atomic mass is 19.1. The van der Waals surface area contributed by atoms with Crippen LogP contribution in [0.3, 0.4) is 0 Å². The molecule has 0 radical (unpaired) electrons. The number of hydrogen-bond donors (Lipinski definition) is 0. The van der Waals surface area contributed by atoms with Gasteiger partial charge in [0.2, 0.25) is 12.3 Å². The lowest BCUT2D eigenvalue weighted by Crippen LogP contribution is -2.48. The molecule has 4 rings (SSSR count). The van der Waals surface area contributed by atoms with Gasteiger partial charge >= 0.3 is 6.03 Å². The molecule has 0 saturated carbocycles. The highest BCUT2D eigenvalue weighted by molar-refractivity contribution is 5.92. The SMILES string of the molecule is O=C(N1CCOCC1)N(Cc1ccc(-c2nnco2)cc1F)c1ccccc1. The summed E-state index contributed by atoms with van der Waals surface area (Å²) in [5.41, 5.74) is 1.60. The van der Waals surface area contributed by atoms with E-state index in [9.17, 15) is 9.18 Å². The van der Waals surface area contributed by atoms with Crippen LogP contribution in [0.15, 0.2) is 59.3 Å². The van der Waals surface area contributed by atoms with E-state index in [1.165, 1.54) is 12.5 Å². The average Bonchev–Trinajstić information content (AvgIpc) is 3.29. The second kappa shape index (κ2) is 8.18. The molecule has 0 bridgehead atoms. The van der Waals surface area contributed by atoms with Crippen molar-refractivity contribution >= 4 is 11.7 Å². The molecule has 1 saturated heterocycles. The Kier molecular flexibility index (Phi) is 5.29. The second-order valence-corrected chi connectivity index (χ2v) is 6.35. The largest absolute Gasteiger partial charge is 0.423 e. The standard InChI is InChI=1S/C20H19FN4O3/c21-18-12-15(19-23-22-14-28-19)6-7-16(18)13-25(17-4-2-1-3-5-17)20(26)24-8-10-27-11-9-24/h1-7,12,14H,8-11,13H2. The highest BCUT2D eigenvalue weighted by Gasteiger charge is 2.25. The fourth-order valence-electron chi connectivity index (χ4n) is 3.08. The number of hydrogen-bond acceptors (Lipinski definition) is 5. The van der Waals surface area contributed by atoms with Gasteiger partial charge in [0, 0.05) is 29.9 Å². The summed E-state index contributed by atoms with van der Waals surface area (Å²) < 4.78 is 25.2. The number of morpholine rings is 1. The van der Waals surface area contributed by atoms with E-state index in [2.05, 4.69) is 10.2 Å². The summed E-state index contributed by atoms with van der Waals surface area (Å²) >= 11 is 0. The van der Waals surface area contributed by atoms with Gasteiger partial charge in [-0.1, -0.05) is 24.3 Å². The lowest BCUT2D eigenvalue weighted by molar-refractivity contribution is 0.0548. The molecular weight excluding hydrogens is 363 g/mol. The molecule has 144 valence electrons. The zero-order chi connectivity index (χ0) is 19.3. The van der Waals surface area contributed by atoms with Gasteiger partial charge in [-0.25, -0.2) is 9.18 Å². The molecule has 0 atom stereocenters. The average molecular weight is 382 g/mol. The summed E-state index contributed by atoms with van der Waals surface area (Å²) in [6, 6.07) is 13.8. The Morgan fingerprint density at radius 1 is 1.14 bits per heavy atom. The molecule has 1 aliphatic rings. The number of aromatic nitrogens is 2. The molecule has 8 heteroatoms. The topological polar surface area (TPSA) is 71.7 Å². The van der Waals surface area contributed by atoms with Crippen LogP contribution in [-0.4, -0.2) is 47.4 Å². The monoisotopic (exact) mass is 382 g/mol. The third-order valence-corrected chi connectivity index (χ3v) is 4.57. The minimum atomic E-state index is -0.439. The van der Waals surface area contributed by atoms with Crippen molar-refractivity contribution in [3.63, 3.8) is 0 Å². The number of carbonyl (C=O) groups is 1. The number of carbonyl (C=O) groups excluding carboxylic acids is 1. The highest BCUT2D eigenvalue weighted by Crippen LogP contribution is 2.24. The van der Waals surface area contributed by atoms with Crippen LogP contribution < -0.4 is 4.90 Å². The van der Waals surface area contributed by atoms with Crippen molar-refractivity contribution in [3.05, 3.63) is 66.3 Å². The molecule has 7 nitrogen and oxygen atoms in total.